The van der Waals surface area contributed by atoms with E-state index >= 15 is 0 Å². The lowest BCUT2D eigenvalue weighted by Gasteiger charge is -2.06. The molecular weight excluding hydrogens is 270 g/mol. The normalized spacial score (nSPS) is 11.4. The minimum absolute atomic E-state index is 0.617. The van der Waals surface area contributed by atoms with Crippen LogP contribution in [-0.2, 0) is 11.2 Å². The zero-order valence-electron chi connectivity index (χ0n) is 13.2. The first-order chi connectivity index (χ1) is 10.8. The molecule has 0 atom stereocenters. The number of hydrogen-bond acceptors (Lipinski definition) is 2. The van der Waals surface area contributed by atoms with Crippen LogP contribution in [0.1, 0.15) is 38.2 Å². The van der Waals surface area contributed by atoms with Gasteiger partial charge in [0.15, 0.2) is 0 Å². The number of benzene rings is 2. The lowest BCUT2D eigenvalue weighted by atomic mass is 9.99. The molecule has 22 heavy (non-hydrogen) atoms. The van der Waals surface area contributed by atoms with Crippen LogP contribution in [0, 0.1) is 11.3 Å². The molecule has 2 rings (SSSR count). The van der Waals surface area contributed by atoms with Crippen molar-refractivity contribution >= 4 is 10.8 Å². The molecule has 0 aliphatic rings. The summed E-state index contributed by atoms with van der Waals surface area (Å²) in [5.41, 5.74) is 2.16. The zero-order chi connectivity index (χ0) is 15.6. The van der Waals surface area contributed by atoms with Gasteiger partial charge in [0.05, 0.1) is 24.5 Å². The highest BCUT2D eigenvalue weighted by Gasteiger charge is 2.01. The summed E-state index contributed by atoms with van der Waals surface area (Å²) < 4.78 is 5.18. The SMILES string of the molecule is CCO/C=C(\C#N)CCCCCc1cccc2ccccc12. The van der Waals surface area contributed by atoms with E-state index in [1.165, 1.54) is 16.3 Å². The zero-order valence-corrected chi connectivity index (χ0v) is 13.2. The molecule has 0 aliphatic carbocycles. The Balaban J connectivity index is 1.80. The molecule has 2 nitrogen and oxygen atoms in total. The largest absolute Gasteiger partial charge is 0.500 e. The van der Waals surface area contributed by atoms with Crippen LogP contribution in [0.25, 0.3) is 10.8 Å². The van der Waals surface area contributed by atoms with Crippen molar-refractivity contribution in [3.63, 3.8) is 0 Å². The van der Waals surface area contributed by atoms with Gasteiger partial charge in [0.25, 0.3) is 0 Å². The van der Waals surface area contributed by atoms with E-state index in [9.17, 15) is 0 Å². The summed E-state index contributed by atoms with van der Waals surface area (Å²) in [5, 5.41) is 11.7. The van der Waals surface area contributed by atoms with Crippen molar-refractivity contribution in [1.82, 2.24) is 0 Å². The topological polar surface area (TPSA) is 33.0 Å². The van der Waals surface area contributed by atoms with E-state index < -0.39 is 0 Å². The van der Waals surface area contributed by atoms with Crippen molar-refractivity contribution in [3.8, 4) is 6.07 Å². The van der Waals surface area contributed by atoms with E-state index in [1.807, 2.05) is 6.92 Å². The fourth-order valence-electron chi connectivity index (χ4n) is 2.64. The van der Waals surface area contributed by atoms with Gasteiger partial charge in [0.2, 0.25) is 0 Å². The Morgan fingerprint density at radius 1 is 1.09 bits per heavy atom. The Bertz CT molecular complexity index is 661. The number of allylic oxidation sites excluding steroid dienone is 1. The van der Waals surface area contributed by atoms with Gasteiger partial charge in [-0.3, -0.25) is 0 Å². The molecular formula is C20H23NO. The number of aryl methyl sites for hydroxylation is 1. The van der Waals surface area contributed by atoms with Crippen molar-refractivity contribution in [2.75, 3.05) is 6.61 Å². The van der Waals surface area contributed by atoms with Gasteiger partial charge in [-0.25, -0.2) is 0 Å². The third kappa shape index (κ3) is 4.63. The van der Waals surface area contributed by atoms with E-state index in [2.05, 4.69) is 48.5 Å². The average molecular weight is 293 g/mol. The van der Waals surface area contributed by atoms with Crippen molar-refractivity contribution < 1.29 is 4.74 Å². The van der Waals surface area contributed by atoms with E-state index in [1.54, 1.807) is 6.26 Å². The van der Waals surface area contributed by atoms with Crippen LogP contribution in [0.3, 0.4) is 0 Å². The predicted molar refractivity (Wildman–Crippen MR) is 91.4 cm³/mol. The van der Waals surface area contributed by atoms with Crippen molar-refractivity contribution in [2.24, 2.45) is 0 Å². The summed E-state index contributed by atoms with van der Waals surface area (Å²) >= 11 is 0. The number of nitrogens with zero attached hydrogens (tertiary/aromatic N) is 1. The summed E-state index contributed by atoms with van der Waals surface area (Å²) in [4.78, 5) is 0. The quantitative estimate of drug-likeness (QED) is 0.371. The predicted octanol–water partition coefficient (Wildman–Crippen LogP) is 5.39. The molecule has 0 saturated heterocycles. The Kier molecular flexibility index (Phi) is 6.51. The van der Waals surface area contributed by atoms with E-state index in [0.717, 1.165) is 37.7 Å². The molecule has 0 amide bonds. The molecule has 0 radical (unpaired) electrons. The highest BCUT2D eigenvalue weighted by molar-refractivity contribution is 5.85. The molecule has 0 saturated carbocycles. The minimum atomic E-state index is 0.617. The van der Waals surface area contributed by atoms with E-state index in [0.29, 0.717) is 6.61 Å². The van der Waals surface area contributed by atoms with Crippen LogP contribution in [0.2, 0.25) is 0 Å². The smallest absolute Gasteiger partial charge is 0.0979 e. The van der Waals surface area contributed by atoms with Crippen molar-refractivity contribution in [2.45, 2.75) is 39.0 Å². The first-order valence-electron chi connectivity index (χ1n) is 8.02. The Morgan fingerprint density at radius 2 is 1.91 bits per heavy atom. The third-order valence-electron chi connectivity index (χ3n) is 3.81. The lowest BCUT2D eigenvalue weighted by Crippen LogP contribution is -1.89. The van der Waals surface area contributed by atoms with Gasteiger partial charge < -0.3 is 4.74 Å². The number of ether oxygens (including phenoxy) is 1. The monoisotopic (exact) mass is 293 g/mol. The van der Waals surface area contributed by atoms with E-state index in [4.69, 9.17) is 10.00 Å². The number of hydrogen-bond donors (Lipinski definition) is 0. The van der Waals surface area contributed by atoms with Crippen LogP contribution >= 0.6 is 0 Å². The highest BCUT2D eigenvalue weighted by atomic mass is 16.5. The summed E-state index contributed by atoms with van der Waals surface area (Å²) in [6.07, 6.45) is 6.84. The van der Waals surface area contributed by atoms with Crippen LogP contribution in [-0.4, -0.2) is 6.61 Å². The summed E-state index contributed by atoms with van der Waals surface area (Å²) in [7, 11) is 0. The molecule has 2 heteroatoms. The Hall–Kier alpha value is -2.27. The van der Waals surface area contributed by atoms with Gasteiger partial charge in [0.1, 0.15) is 0 Å². The van der Waals surface area contributed by atoms with Gasteiger partial charge in [-0.2, -0.15) is 5.26 Å². The van der Waals surface area contributed by atoms with Crippen LogP contribution in [0.4, 0.5) is 0 Å². The molecule has 2 aromatic carbocycles. The second-order valence-electron chi connectivity index (χ2n) is 5.41. The third-order valence-corrected chi connectivity index (χ3v) is 3.81. The fourth-order valence-corrected chi connectivity index (χ4v) is 2.64. The molecule has 114 valence electrons. The van der Waals surface area contributed by atoms with Gasteiger partial charge >= 0.3 is 0 Å². The number of fused-ring (bicyclic) bond motifs is 1. The van der Waals surface area contributed by atoms with Crippen molar-refractivity contribution in [3.05, 3.63) is 59.9 Å². The average Bonchev–Trinajstić information content (AvgIpc) is 2.57. The molecule has 0 aromatic heterocycles. The summed E-state index contributed by atoms with van der Waals surface area (Å²) in [6, 6.07) is 17.3. The Labute approximate surface area is 133 Å². The molecule has 2 aromatic rings. The second kappa shape index (κ2) is 8.89. The number of rotatable bonds is 8. The van der Waals surface area contributed by atoms with E-state index in [-0.39, 0.29) is 0 Å². The van der Waals surface area contributed by atoms with Crippen LogP contribution in [0.15, 0.2) is 54.3 Å². The van der Waals surface area contributed by atoms with Crippen molar-refractivity contribution in [1.29, 1.82) is 5.26 Å². The maximum Gasteiger partial charge on any atom is 0.0979 e. The minimum Gasteiger partial charge on any atom is -0.500 e. The first kappa shape index (κ1) is 16.1. The van der Waals surface area contributed by atoms with Gasteiger partial charge in [-0.1, -0.05) is 48.9 Å². The standard InChI is InChI=1S/C20H23NO/c1-2-22-16-17(15-21)9-4-3-5-10-18-12-8-13-19-11-6-7-14-20(18)19/h6-8,11-14,16H,2-5,9-10H2,1H3/b17-16-. The fraction of sp³-hybridized carbons (Fsp3) is 0.350. The van der Waals surface area contributed by atoms with Crippen LogP contribution < -0.4 is 0 Å². The molecule has 0 heterocycles. The molecule has 0 bridgehead atoms. The van der Waals surface area contributed by atoms with Gasteiger partial charge in [-0.15, -0.1) is 0 Å². The number of nitriles is 1. The summed E-state index contributed by atoms with van der Waals surface area (Å²) in [5.74, 6) is 0. The maximum atomic E-state index is 9.01. The molecule has 0 aliphatic heterocycles. The molecule has 0 unspecified atom stereocenters. The maximum absolute atomic E-state index is 9.01. The first-order valence-corrected chi connectivity index (χ1v) is 8.02. The number of unbranched alkanes of at least 4 members (excludes halogenated alkanes) is 2. The van der Waals surface area contributed by atoms with Gasteiger partial charge in [0, 0.05) is 0 Å². The van der Waals surface area contributed by atoms with Crippen LogP contribution in [0.5, 0.6) is 0 Å². The summed E-state index contributed by atoms with van der Waals surface area (Å²) in [6.45, 7) is 2.54. The molecule has 0 N–H and O–H groups in total. The van der Waals surface area contributed by atoms with Gasteiger partial charge in [-0.05, 0) is 48.9 Å². The molecule has 0 spiro atoms. The second-order valence-corrected chi connectivity index (χ2v) is 5.41. The Morgan fingerprint density at radius 3 is 2.73 bits per heavy atom. The highest BCUT2D eigenvalue weighted by Crippen LogP contribution is 2.20. The molecule has 0 fully saturated rings. The lowest BCUT2D eigenvalue weighted by molar-refractivity contribution is 0.266.